The quantitative estimate of drug-likeness (QED) is 0.127. The molecule has 0 spiro atoms. The first kappa shape index (κ1) is 26.2. The summed E-state index contributed by atoms with van der Waals surface area (Å²) >= 11 is 5.65. The molecule has 1 atom stereocenters. The molecule has 2 heterocycles. The molecule has 0 saturated carbocycles. The third kappa shape index (κ3) is 4.41. The van der Waals surface area contributed by atoms with Crippen LogP contribution in [0.5, 0.6) is 5.75 Å². The smallest absolute Gasteiger partial charge is 0.269 e. The lowest BCUT2D eigenvalue weighted by atomic mass is 9.99. The highest BCUT2D eigenvalue weighted by Crippen LogP contribution is 2.35. The maximum atomic E-state index is 13.2. The van der Waals surface area contributed by atoms with Crippen LogP contribution in [-0.4, -0.2) is 27.1 Å². The fourth-order valence-corrected chi connectivity index (χ4v) is 6.60. The Morgan fingerprint density at radius 1 is 0.773 bits per heavy atom. The van der Waals surface area contributed by atoms with Crippen LogP contribution < -0.4 is 15.0 Å². The molecule has 0 saturated heterocycles. The van der Waals surface area contributed by atoms with Gasteiger partial charge in [-0.3, -0.25) is 9.69 Å². The van der Waals surface area contributed by atoms with E-state index in [2.05, 4.69) is 48.6 Å². The van der Waals surface area contributed by atoms with Gasteiger partial charge in [0.05, 0.1) is 22.1 Å². The molecule has 0 radical (unpaired) electrons. The van der Waals surface area contributed by atoms with Crippen molar-refractivity contribution in [2.45, 2.75) is 19.4 Å². The standard InChI is InChI=1S/C37H26N4O2S/c1-22-20-24-8-2-7-13-33(24)41(22)37(44)43-26-17-14-23(15-18-26)36(42)38-25-16-19-31-32(21-25)40-35-30-12-6-4-10-28(30)27-9-3-5-11-29(27)34(35)39-31/h2-19,21-22H,20H2,1H3,(H,38,42)/t22-/m0/s1. The van der Waals surface area contributed by atoms with Crippen molar-refractivity contribution in [3.8, 4) is 5.75 Å². The Balaban J connectivity index is 1.04. The van der Waals surface area contributed by atoms with Gasteiger partial charge in [0, 0.05) is 33.8 Å². The molecule has 1 N–H and O–H groups in total. The Morgan fingerprint density at radius 2 is 1.39 bits per heavy atom. The first-order valence-electron chi connectivity index (χ1n) is 14.5. The topological polar surface area (TPSA) is 67.3 Å². The van der Waals surface area contributed by atoms with Gasteiger partial charge in [-0.1, -0.05) is 66.7 Å². The Kier molecular flexibility index (Phi) is 6.20. The van der Waals surface area contributed by atoms with Gasteiger partial charge in [0.15, 0.2) is 0 Å². The fraction of sp³-hybridized carbons (Fsp3) is 0.0811. The van der Waals surface area contributed by atoms with E-state index in [1.165, 1.54) is 5.56 Å². The van der Waals surface area contributed by atoms with E-state index in [1.807, 2.05) is 59.5 Å². The van der Waals surface area contributed by atoms with Gasteiger partial charge in [0.25, 0.3) is 11.1 Å². The molecule has 0 bridgehead atoms. The first-order valence-corrected chi connectivity index (χ1v) is 15.0. The van der Waals surface area contributed by atoms with Crippen LogP contribution in [0.4, 0.5) is 11.4 Å². The number of carbonyl (C=O) groups is 1. The lowest BCUT2D eigenvalue weighted by molar-refractivity contribution is 0.102. The molecule has 0 aliphatic carbocycles. The number of benzene rings is 6. The van der Waals surface area contributed by atoms with E-state index in [-0.39, 0.29) is 11.9 Å². The summed E-state index contributed by atoms with van der Waals surface area (Å²) in [5, 5.41) is 7.82. The second-order valence-electron chi connectivity index (χ2n) is 11.1. The summed E-state index contributed by atoms with van der Waals surface area (Å²) in [5.74, 6) is 0.349. The third-order valence-electron chi connectivity index (χ3n) is 8.30. The monoisotopic (exact) mass is 590 g/mol. The predicted octanol–water partition coefficient (Wildman–Crippen LogP) is 8.46. The van der Waals surface area contributed by atoms with Gasteiger partial charge in [-0.05, 0) is 90.4 Å². The maximum absolute atomic E-state index is 13.2. The molecule has 1 aromatic heterocycles. The molecule has 0 fully saturated rings. The molecule has 0 unspecified atom stereocenters. The van der Waals surface area contributed by atoms with E-state index in [0.29, 0.717) is 27.7 Å². The number of anilines is 2. The number of carbonyl (C=O) groups excluding carboxylic acids is 1. The molecule has 7 aromatic rings. The van der Waals surface area contributed by atoms with E-state index in [4.69, 9.17) is 26.9 Å². The number of para-hydroxylation sites is 1. The van der Waals surface area contributed by atoms with Crippen LogP contribution in [0.25, 0.3) is 43.6 Å². The van der Waals surface area contributed by atoms with Gasteiger partial charge >= 0.3 is 0 Å². The third-order valence-corrected chi connectivity index (χ3v) is 8.58. The number of fused-ring (bicyclic) bond motifs is 8. The SMILES string of the molecule is C[C@H]1Cc2ccccc2N1C(=S)Oc1ccc(C(=O)Nc2ccc3nc4c5ccccc5c5ccccc5c4nc3c2)cc1. The number of aromatic nitrogens is 2. The second-order valence-corrected chi connectivity index (χ2v) is 11.5. The Hall–Kier alpha value is -5.40. The van der Waals surface area contributed by atoms with Crippen molar-refractivity contribution in [1.82, 2.24) is 9.97 Å². The Labute approximate surface area is 258 Å². The minimum absolute atomic E-state index is 0.215. The molecule has 7 heteroatoms. The number of ether oxygens (including phenoxy) is 1. The fourth-order valence-electron chi connectivity index (χ4n) is 6.23. The minimum Gasteiger partial charge on any atom is -0.432 e. The molecule has 8 rings (SSSR count). The Morgan fingerprint density at radius 3 is 2.09 bits per heavy atom. The Bertz CT molecular complexity index is 2280. The van der Waals surface area contributed by atoms with Crippen molar-refractivity contribution < 1.29 is 9.53 Å². The number of thiocarbonyl (C=S) groups is 1. The highest BCUT2D eigenvalue weighted by Gasteiger charge is 2.29. The average Bonchev–Trinajstić information content (AvgIpc) is 3.40. The van der Waals surface area contributed by atoms with E-state index in [1.54, 1.807) is 24.3 Å². The van der Waals surface area contributed by atoms with E-state index < -0.39 is 0 Å². The van der Waals surface area contributed by atoms with Crippen molar-refractivity contribution in [2.75, 3.05) is 10.2 Å². The summed E-state index contributed by atoms with van der Waals surface area (Å²) in [5.41, 5.74) is 6.68. The molecule has 6 aromatic carbocycles. The van der Waals surface area contributed by atoms with Crippen molar-refractivity contribution in [3.05, 3.63) is 126 Å². The largest absolute Gasteiger partial charge is 0.432 e. The zero-order valence-corrected chi connectivity index (χ0v) is 24.6. The van der Waals surface area contributed by atoms with E-state index >= 15 is 0 Å². The van der Waals surface area contributed by atoms with Gasteiger partial charge in [-0.25, -0.2) is 9.97 Å². The van der Waals surface area contributed by atoms with Gasteiger partial charge in [0.2, 0.25) is 0 Å². The lowest BCUT2D eigenvalue weighted by Gasteiger charge is -2.24. The van der Waals surface area contributed by atoms with Crippen molar-refractivity contribution in [3.63, 3.8) is 0 Å². The van der Waals surface area contributed by atoms with Crippen LogP contribution in [0.1, 0.15) is 22.8 Å². The van der Waals surface area contributed by atoms with E-state index in [0.717, 1.165) is 50.2 Å². The van der Waals surface area contributed by atoms with Crippen LogP contribution in [0.3, 0.4) is 0 Å². The number of rotatable bonds is 3. The lowest BCUT2D eigenvalue weighted by Crippen LogP contribution is -2.37. The van der Waals surface area contributed by atoms with Crippen LogP contribution >= 0.6 is 12.2 Å². The number of nitrogens with zero attached hydrogens (tertiary/aromatic N) is 3. The number of hydrogen-bond acceptors (Lipinski definition) is 5. The summed E-state index contributed by atoms with van der Waals surface area (Å²) in [6.07, 6.45) is 0.920. The summed E-state index contributed by atoms with van der Waals surface area (Å²) in [6, 6.07) is 37.6. The number of hydrogen-bond donors (Lipinski definition) is 1. The molecule has 6 nitrogen and oxygen atoms in total. The number of amides is 1. The predicted molar refractivity (Wildman–Crippen MR) is 182 cm³/mol. The summed E-state index contributed by atoms with van der Waals surface area (Å²) in [4.78, 5) is 25.3. The van der Waals surface area contributed by atoms with Crippen LogP contribution in [-0.2, 0) is 6.42 Å². The van der Waals surface area contributed by atoms with Crippen molar-refractivity contribution in [1.29, 1.82) is 0 Å². The molecular formula is C37H26N4O2S. The van der Waals surface area contributed by atoms with Gasteiger partial charge in [-0.2, -0.15) is 0 Å². The highest BCUT2D eigenvalue weighted by molar-refractivity contribution is 7.80. The molecule has 44 heavy (non-hydrogen) atoms. The summed E-state index contributed by atoms with van der Waals surface area (Å²) in [6.45, 7) is 2.13. The maximum Gasteiger partial charge on any atom is 0.269 e. The van der Waals surface area contributed by atoms with Crippen LogP contribution in [0.15, 0.2) is 115 Å². The second kappa shape index (κ2) is 10.4. The average molecular weight is 591 g/mol. The van der Waals surface area contributed by atoms with Gasteiger partial charge < -0.3 is 10.1 Å². The van der Waals surface area contributed by atoms with Gasteiger partial charge in [0.1, 0.15) is 5.75 Å². The van der Waals surface area contributed by atoms with Crippen LogP contribution in [0.2, 0.25) is 0 Å². The highest BCUT2D eigenvalue weighted by atomic mass is 32.1. The zero-order valence-electron chi connectivity index (χ0n) is 23.8. The molecule has 1 aliphatic heterocycles. The summed E-state index contributed by atoms with van der Waals surface area (Å²) < 4.78 is 6.03. The molecule has 1 amide bonds. The summed E-state index contributed by atoms with van der Waals surface area (Å²) in [7, 11) is 0. The van der Waals surface area contributed by atoms with Crippen LogP contribution in [0, 0.1) is 0 Å². The molecule has 1 aliphatic rings. The van der Waals surface area contributed by atoms with Crippen molar-refractivity contribution in [2.24, 2.45) is 0 Å². The zero-order chi connectivity index (χ0) is 29.8. The minimum atomic E-state index is -0.231. The first-order chi connectivity index (χ1) is 21.5. The normalized spacial score (nSPS) is 14.3. The van der Waals surface area contributed by atoms with Crippen molar-refractivity contribution >= 4 is 78.3 Å². The van der Waals surface area contributed by atoms with E-state index in [9.17, 15) is 4.79 Å². The molecule has 212 valence electrons. The molecular weight excluding hydrogens is 565 g/mol. The number of nitrogens with one attached hydrogen (secondary N) is 1. The van der Waals surface area contributed by atoms with Gasteiger partial charge in [-0.15, -0.1) is 0 Å².